The van der Waals surface area contributed by atoms with E-state index in [1.807, 2.05) is 0 Å². The van der Waals surface area contributed by atoms with Crippen LogP contribution in [0, 0.1) is 0 Å². The molecule has 2 aliphatic rings. The van der Waals surface area contributed by atoms with Crippen molar-refractivity contribution in [3.05, 3.63) is 40.3 Å². The average molecular weight is 552 g/mol. The minimum Gasteiger partial charge on any atom is -0.497 e. The number of fused-ring (bicyclic) bond motifs is 1. The van der Waals surface area contributed by atoms with Crippen molar-refractivity contribution in [1.29, 1.82) is 0 Å². The minimum absolute atomic E-state index is 0.0638. The monoisotopic (exact) mass is 551 g/mol. The molecule has 2 amide bonds. The van der Waals surface area contributed by atoms with E-state index in [9.17, 15) is 22.8 Å². The van der Waals surface area contributed by atoms with Gasteiger partial charge in [0.05, 0.1) is 37.8 Å². The molecule has 1 unspecified atom stereocenters. The summed E-state index contributed by atoms with van der Waals surface area (Å²) >= 11 is 1.18. The number of nitrogens with one attached hydrogen (secondary N) is 1. The summed E-state index contributed by atoms with van der Waals surface area (Å²) in [5, 5.41) is 3.06. The second kappa shape index (κ2) is 11.1. The molecular formula is C24H29N3O8S2. The van der Waals surface area contributed by atoms with Gasteiger partial charge in [0.2, 0.25) is 15.9 Å². The van der Waals surface area contributed by atoms with Crippen molar-refractivity contribution in [3.63, 3.8) is 0 Å². The average Bonchev–Trinajstić information content (AvgIpc) is 3.53. The van der Waals surface area contributed by atoms with Crippen LogP contribution in [0.25, 0.3) is 0 Å². The first-order valence-electron chi connectivity index (χ1n) is 11.8. The van der Waals surface area contributed by atoms with Crippen molar-refractivity contribution in [2.45, 2.75) is 43.7 Å². The summed E-state index contributed by atoms with van der Waals surface area (Å²) < 4.78 is 43.0. The van der Waals surface area contributed by atoms with Gasteiger partial charge in [-0.3, -0.25) is 4.79 Å². The van der Waals surface area contributed by atoms with Crippen molar-refractivity contribution < 1.29 is 37.0 Å². The molecule has 1 saturated heterocycles. The molecule has 0 radical (unpaired) electrons. The highest BCUT2D eigenvalue weighted by Gasteiger charge is 2.40. The molecule has 11 nitrogen and oxygen atoms in total. The number of anilines is 1. The SMILES string of the molecule is CCOC(=O)N1CCc2c(sc(NC(=O)C3CCCN3S(=O)(=O)c3ccc(OC)cc3)c2C(=O)OC)C1. The molecule has 1 aromatic carbocycles. The van der Waals surface area contributed by atoms with Crippen LogP contribution in [0.5, 0.6) is 5.75 Å². The molecule has 0 aliphatic carbocycles. The van der Waals surface area contributed by atoms with E-state index in [2.05, 4.69) is 5.32 Å². The van der Waals surface area contributed by atoms with Gasteiger partial charge in [0.15, 0.2) is 0 Å². The minimum atomic E-state index is -3.94. The number of methoxy groups -OCH3 is 2. The number of amides is 2. The molecule has 0 spiro atoms. The molecule has 0 saturated carbocycles. The highest BCUT2D eigenvalue weighted by Crippen LogP contribution is 2.38. The Morgan fingerprint density at radius 1 is 1.14 bits per heavy atom. The van der Waals surface area contributed by atoms with Crippen molar-refractivity contribution in [1.82, 2.24) is 9.21 Å². The van der Waals surface area contributed by atoms with Crippen LogP contribution in [0.3, 0.4) is 0 Å². The van der Waals surface area contributed by atoms with E-state index in [4.69, 9.17) is 14.2 Å². The smallest absolute Gasteiger partial charge is 0.410 e. The van der Waals surface area contributed by atoms with Crippen LogP contribution in [0.1, 0.15) is 40.6 Å². The maximum atomic E-state index is 13.4. The molecular weight excluding hydrogens is 522 g/mol. The first kappa shape index (κ1) is 26.9. The van der Waals surface area contributed by atoms with Gasteiger partial charge in [0.25, 0.3) is 0 Å². The molecule has 200 valence electrons. The van der Waals surface area contributed by atoms with Gasteiger partial charge in [-0.05, 0) is 56.0 Å². The largest absolute Gasteiger partial charge is 0.497 e. The quantitative estimate of drug-likeness (QED) is 0.520. The lowest BCUT2D eigenvalue weighted by Gasteiger charge is -2.26. The van der Waals surface area contributed by atoms with Crippen LogP contribution in [-0.2, 0) is 37.3 Å². The summed E-state index contributed by atoms with van der Waals surface area (Å²) in [5.41, 5.74) is 0.948. The maximum absolute atomic E-state index is 13.4. The van der Waals surface area contributed by atoms with Crippen LogP contribution < -0.4 is 10.1 Å². The van der Waals surface area contributed by atoms with Gasteiger partial charge in [-0.2, -0.15) is 4.31 Å². The van der Waals surface area contributed by atoms with E-state index in [1.54, 1.807) is 19.1 Å². The molecule has 1 aromatic heterocycles. The van der Waals surface area contributed by atoms with Gasteiger partial charge in [0, 0.05) is 18.0 Å². The molecule has 13 heteroatoms. The van der Waals surface area contributed by atoms with Crippen molar-refractivity contribution >= 4 is 44.3 Å². The number of thiophene rings is 1. The Bertz CT molecular complexity index is 1290. The van der Waals surface area contributed by atoms with Gasteiger partial charge in [-0.1, -0.05) is 0 Å². The highest BCUT2D eigenvalue weighted by atomic mass is 32.2. The maximum Gasteiger partial charge on any atom is 0.410 e. The number of nitrogens with zero attached hydrogens (tertiary/aromatic N) is 2. The van der Waals surface area contributed by atoms with E-state index in [-0.39, 0.29) is 35.2 Å². The summed E-state index contributed by atoms with van der Waals surface area (Å²) in [6, 6.07) is 5.05. The number of sulfonamides is 1. The number of rotatable bonds is 7. The van der Waals surface area contributed by atoms with Gasteiger partial charge >= 0.3 is 12.1 Å². The molecule has 1 N–H and O–H groups in total. The van der Waals surface area contributed by atoms with E-state index < -0.39 is 34.0 Å². The number of carbonyl (C=O) groups excluding carboxylic acids is 3. The van der Waals surface area contributed by atoms with Gasteiger partial charge in [-0.15, -0.1) is 11.3 Å². The molecule has 3 heterocycles. The molecule has 2 aliphatic heterocycles. The number of esters is 1. The zero-order valence-electron chi connectivity index (χ0n) is 20.8. The molecule has 0 bridgehead atoms. The number of hydrogen-bond acceptors (Lipinski definition) is 9. The molecule has 37 heavy (non-hydrogen) atoms. The summed E-state index contributed by atoms with van der Waals surface area (Å²) in [5.74, 6) is -0.611. The van der Waals surface area contributed by atoms with Gasteiger partial charge < -0.3 is 24.4 Å². The Balaban J connectivity index is 1.58. The fourth-order valence-corrected chi connectivity index (χ4v) is 7.46. The van der Waals surface area contributed by atoms with E-state index in [0.29, 0.717) is 37.1 Å². The summed E-state index contributed by atoms with van der Waals surface area (Å²) in [7, 11) is -1.19. The van der Waals surface area contributed by atoms with E-state index >= 15 is 0 Å². The Hall–Kier alpha value is -3.16. The zero-order chi connectivity index (χ0) is 26.7. The standard InChI is InChI=1S/C24H29N3O8S2/c1-4-35-24(30)26-13-11-17-19(14-26)36-22(20(17)23(29)34-3)25-21(28)18-6-5-12-27(18)37(31,32)16-9-7-15(33-2)8-10-16/h7-10,18H,4-6,11-14H2,1-3H3,(H,25,28). The van der Waals surface area contributed by atoms with Crippen LogP contribution >= 0.6 is 11.3 Å². The second-order valence-corrected chi connectivity index (χ2v) is 11.5. The predicted octanol–water partition coefficient (Wildman–Crippen LogP) is 2.85. The summed E-state index contributed by atoms with van der Waals surface area (Å²) in [4.78, 5) is 40.6. The third-order valence-electron chi connectivity index (χ3n) is 6.38. The molecule has 4 rings (SSSR count). The zero-order valence-corrected chi connectivity index (χ0v) is 22.4. The highest BCUT2D eigenvalue weighted by molar-refractivity contribution is 7.89. The molecule has 1 atom stereocenters. The number of hydrogen-bond donors (Lipinski definition) is 1. The third kappa shape index (κ3) is 5.29. The van der Waals surface area contributed by atoms with Crippen molar-refractivity contribution in [3.8, 4) is 5.75 Å². The molecule has 1 fully saturated rings. The fourth-order valence-electron chi connectivity index (χ4n) is 4.55. The number of ether oxygens (including phenoxy) is 3. The predicted molar refractivity (Wildman–Crippen MR) is 135 cm³/mol. The lowest BCUT2D eigenvalue weighted by Crippen LogP contribution is -2.43. The normalized spacial score (nSPS) is 17.7. The van der Waals surface area contributed by atoms with E-state index in [0.717, 1.165) is 4.88 Å². The van der Waals surface area contributed by atoms with Crippen LogP contribution in [0.4, 0.5) is 9.80 Å². The third-order valence-corrected chi connectivity index (χ3v) is 9.44. The van der Waals surface area contributed by atoms with E-state index in [1.165, 1.54) is 46.9 Å². The van der Waals surface area contributed by atoms with Crippen LogP contribution in [0.2, 0.25) is 0 Å². The van der Waals surface area contributed by atoms with Gasteiger partial charge in [0.1, 0.15) is 16.8 Å². The summed E-state index contributed by atoms with van der Waals surface area (Å²) in [6.45, 7) is 2.77. The Morgan fingerprint density at radius 3 is 2.51 bits per heavy atom. The first-order chi connectivity index (χ1) is 17.7. The second-order valence-electron chi connectivity index (χ2n) is 8.51. The first-order valence-corrected chi connectivity index (χ1v) is 14.1. The van der Waals surface area contributed by atoms with Crippen molar-refractivity contribution in [2.24, 2.45) is 0 Å². The number of benzene rings is 1. The molecule has 2 aromatic rings. The lowest BCUT2D eigenvalue weighted by atomic mass is 10.0. The number of carbonyl (C=O) groups is 3. The Kier molecular flexibility index (Phi) is 8.05. The Morgan fingerprint density at radius 2 is 1.86 bits per heavy atom. The topological polar surface area (TPSA) is 132 Å². The van der Waals surface area contributed by atoms with Crippen molar-refractivity contribution in [2.75, 3.05) is 39.2 Å². The summed E-state index contributed by atoms with van der Waals surface area (Å²) in [6.07, 6.45) is 0.812. The fraction of sp³-hybridized carbons (Fsp3) is 0.458. The Labute approximate surface area is 219 Å². The lowest BCUT2D eigenvalue weighted by molar-refractivity contribution is -0.119. The van der Waals surface area contributed by atoms with Crippen LogP contribution in [-0.4, -0.2) is 75.6 Å². The van der Waals surface area contributed by atoms with Crippen LogP contribution in [0.15, 0.2) is 29.2 Å². The van der Waals surface area contributed by atoms with Gasteiger partial charge in [-0.25, -0.2) is 18.0 Å².